The third-order valence-electron chi connectivity index (χ3n) is 3.69. The van der Waals surface area contributed by atoms with Crippen molar-refractivity contribution in [3.8, 4) is 0 Å². The molecule has 2 amide bonds. The topological polar surface area (TPSA) is 84.2 Å². The average Bonchev–Trinajstić information content (AvgIpc) is 3.20. The fraction of sp³-hybridized carbons (Fsp3) is 0.278. The zero-order valence-electron chi connectivity index (χ0n) is 14.1. The van der Waals surface area contributed by atoms with Gasteiger partial charge in [0, 0.05) is 13.0 Å². The fourth-order valence-corrected chi connectivity index (χ4v) is 3.61. The maximum absolute atomic E-state index is 12.0. The first-order chi connectivity index (χ1) is 12.0. The van der Waals surface area contributed by atoms with E-state index >= 15 is 0 Å². The van der Waals surface area contributed by atoms with Crippen LogP contribution in [-0.2, 0) is 4.79 Å². The first kappa shape index (κ1) is 17.2. The van der Waals surface area contributed by atoms with Crippen LogP contribution in [0.15, 0.2) is 34.9 Å². The molecule has 3 rings (SSSR count). The minimum Gasteiger partial charge on any atom is -0.459 e. The number of benzene rings is 1. The van der Waals surface area contributed by atoms with Gasteiger partial charge >= 0.3 is 0 Å². The summed E-state index contributed by atoms with van der Waals surface area (Å²) in [4.78, 5) is 28.2. The Hall–Kier alpha value is -2.67. The predicted octanol–water partition coefficient (Wildman–Crippen LogP) is 3.65. The summed E-state index contributed by atoms with van der Waals surface area (Å²) in [5.74, 6) is -0.118. The van der Waals surface area contributed by atoms with Crippen molar-refractivity contribution in [3.05, 3.63) is 47.4 Å². The Morgan fingerprint density at radius 1 is 1.28 bits per heavy atom. The number of anilines is 1. The van der Waals surface area contributed by atoms with Gasteiger partial charge in [-0.25, -0.2) is 4.98 Å². The van der Waals surface area contributed by atoms with E-state index in [1.807, 2.05) is 13.8 Å². The number of carbonyl (C=O) groups excluding carboxylic acids is 2. The number of aromatic nitrogens is 1. The fourth-order valence-electron chi connectivity index (χ4n) is 2.55. The van der Waals surface area contributed by atoms with E-state index in [1.54, 1.807) is 12.1 Å². The molecule has 0 saturated heterocycles. The molecule has 0 atom stereocenters. The number of nitrogens with zero attached hydrogens (tertiary/aromatic N) is 1. The van der Waals surface area contributed by atoms with Crippen molar-refractivity contribution in [2.75, 3.05) is 11.9 Å². The molecule has 25 heavy (non-hydrogen) atoms. The first-order valence-corrected chi connectivity index (χ1v) is 8.84. The standard InChI is InChI=1S/C18H19N3O3S/c1-11-9-12(2)16-14(10-11)25-18(21-16)20-15(22)6-3-7-19-17(23)13-5-4-8-24-13/h4-5,8-10H,3,6-7H2,1-2H3,(H,19,23)(H,20,21,22). The molecule has 2 heterocycles. The summed E-state index contributed by atoms with van der Waals surface area (Å²) >= 11 is 1.47. The Labute approximate surface area is 149 Å². The van der Waals surface area contributed by atoms with Gasteiger partial charge in [0.1, 0.15) is 0 Å². The van der Waals surface area contributed by atoms with Gasteiger partial charge < -0.3 is 15.1 Å². The van der Waals surface area contributed by atoms with E-state index in [2.05, 4.69) is 27.8 Å². The monoisotopic (exact) mass is 357 g/mol. The zero-order valence-corrected chi connectivity index (χ0v) is 14.9. The SMILES string of the molecule is Cc1cc(C)c2nc(NC(=O)CCCNC(=O)c3ccco3)sc2c1. The second kappa shape index (κ2) is 7.48. The highest BCUT2D eigenvalue weighted by Gasteiger charge is 2.11. The summed E-state index contributed by atoms with van der Waals surface area (Å²) in [5, 5.41) is 6.15. The summed E-state index contributed by atoms with van der Waals surface area (Å²) in [7, 11) is 0. The summed E-state index contributed by atoms with van der Waals surface area (Å²) in [6.45, 7) is 4.47. The molecule has 0 bridgehead atoms. The molecule has 2 aromatic heterocycles. The Balaban J connectivity index is 1.48. The molecule has 3 aromatic rings. The van der Waals surface area contributed by atoms with Crippen LogP contribution in [0.1, 0.15) is 34.5 Å². The largest absolute Gasteiger partial charge is 0.459 e. The zero-order chi connectivity index (χ0) is 17.8. The van der Waals surface area contributed by atoms with E-state index in [0.717, 1.165) is 15.8 Å². The van der Waals surface area contributed by atoms with E-state index in [4.69, 9.17) is 4.42 Å². The maximum Gasteiger partial charge on any atom is 0.286 e. The molecular weight excluding hydrogens is 338 g/mol. The van der Waals surface area contributed by atoms with Crippen molar-refractivity contribution < 1.29 is 14.0 Å². The summed E-state index contributed by atoms with van der Waals surface area (Å²) in [6, 6.07) is 7.40. The van der Waals surface area contributed by atoms with Crippen molar-refractivity contribution in [3.63, 3.8) is 0 Å². The lowest BCUT2D eigenvalue weighted by Crippen LogP contribution is -2.25. The minimum absolute atomic E-state index is 0.110. The van der Waals surface area contributed by atoms with E-state index in [1.165, 1.54) is 23.2 Å². The first-order valence-electron chi connectivity index (χ1n) is 8.02. The maximum atomic E-state index is 12.0. The van der Waals surface area contributed by atoms with Gasteiger partial charge in [-0.3, -0.25) is 9.59 Å². The molecule has 0 fully saturated rings. The molecule has 0 saturated carbocycles. The van der Waals surface area contributed by atoms with Crippen LogP contribution in [0.25, 0.3) is 10.2 Å². The van der Waals surface area contributed by atoms with Crippen LogP contribution in [0.2, 0.25) is 0 Å². The molecule has 7 heteroatoms. The predicted molar refractivity (Wildman–Crippen MR) is 98.0 cm³/mol. The number of carbonyl (C=O) groups is 2. The molecule has 0 radical (unpaired) electrons. The van der Waals surface area contributed by atoms with Crippen LogP contribution in [0.4, 0.5) is 5.13 Å². The number of amides is 2. The molecule has 0 aliphatic rings. The third kappa shape index (κ3) is 4.24. The van der Waals surface area contributed by atoms with Gasteiger partial charge in [0.05, 0.1) is 16.5 Å². The molecule has 0 unspecified atom stereocenters. The number of furan rings is 1. The highest BCUT2D eigenvalue weighted by Crippen LogP contribution is 2.29. The van der Waals surface area contributed by atoms with E-state index in [0.29, 0.717) is 24.5 Å². The lowest BCUT2D eigenvalue weighted by molar-refractivity contribution is -0.116. The number of hydrogen-bond donors (Lipinski definition) is 2. The van der Waals surface area contributed by atoms with Crippen LogP contribution < -0.4 is 10.6 Å². The number of aryl methyl sites for hydroxylation is 2. The number of thiazole rings is 1. The van der Waals surface area contributed by atoms with Crippen molar-refractivity contribution in [2.24, 2.45) is 0 Å². The molecule has 2 N–H and O–H groups in total. The van der Waals surface area contributed by atoms with Gasteiger partial charge in [-0.15, -0.1) is 0 Å². The van der Waals surface area contributed by atoms with Crippen molar-refractivity contribution in [2.45, 2.75) is 26.7 Å². The van der Waals surface area contributed by atoms with Crippen molar-refractivity contribution >= 4 is 38.5 Å². The Morgan fingerprint density at radius 2 is 2.12 bits per heavy atom. The Morgan fingerprint density at radius 3 is 2.88 bits per heavy atom. The van der Waals surface area contributed by atoms with Gasteiger partial charge in [-0.2, -0.15) is 0 Å². The van der Waals surface area contributed by atoms with Gasteiger partial charge in [0.25, 0.3) is 5.91 Å². The summed E-state index contributed by atoms with van der Waals surface area (Å²) < 4.78 is 6.07. The van der Waals surface area contributed by atoms with Gasteiger partial charge in [-0.1, -0.05) is 17.4 Å². The quantitative estimate of drug-likeness (QED) is 0.660. The molecule has 0 aliphatic heterocycles. The highest BCUT2D eigenvalue weighted by atomic mass is 32.1. The molecule has 6 nitrogen and oxygen atoms in total. The number of rotatable bonds is 6. The summed E-state index contributed by atoms with van der Waals surface area (Å²) in [5.41, 5.74) is 3.21. The molecule has 130 valence electrons. The minimum atomic E-state index is -0.276. The molecule has 0 spiro atoms. The Bertz CT molecular complexity index is 900. The van der Waals surface area contributed by atoms with Crippen LogP contribution in [-0.4, -0.2) is 23.3 Å². The molecule has 1 aromatic carbocycles. The second-order valence-corrected chi connectivity index (χ2v) is 6.86. The van der Waals surface area contributed by atoms with E-state index in [-0.39, 0.29) is 17.6 Å². The van der Waals surface area contributed by atoms with Crippen molar-refractivity contribution in [1.82, 2.24) is 10.3 Å². The second-order valence-electron chi connectivity index (χ2n) is 5.83. The molecular formula is C18H19N3O3S. The average molecular weight is 357 g/mol. The van der Waals surface area contributed by atoms with Gasteiger partial charge in [0.2, 0.25) is 5.91 Å². The lowest BCUT2D eigenvalue weighted by atomic mass is 10.1. The van der Waals surface area contributed by atoms with Gasteiger partial charge in [-0.05, 0) is 49.6 Å². The number of fused-ring (bicyclic) bond motifs is 1. The Kier molecular flexibility index (Phi) is 5.14. The summed E-state index contributed by atoms with van der Waals surface area (Å²) in [6.07, 6.45) is 2.30. The van der Waals surface area contributed by atoms with Crippen LogP contribution in [0.3, 0.4) is 0 Å². The van der Waals surface area contributed by atoms with Crippen LogP contribution >= 0.6 is 11.3 Å². The van der Waals surface area contributed by atoms with E-state index in [9.17, 15) is 9.59 Å². The van der Waals surface area contributed by atoms with Crippen molar-refractivity contribution in [1.29, 1.82) is 0 Å². The number of nitrogens with one attached hydrogen (secondary N) is 2. The third-order valence-corrected chi connectivity index (χ3v) is 4.61. The number of hydrogen-bond acceptors (Lipinski definition) is 5. The molecule has 0 aliphatic carbocycles. The lowest BCUT2D eigenvalue weighted by Gasteiger charge is -2.03. The van der Waals surface area contributed by atoms with E-state index < -0.39 is 0 Å². The smallest absolute Gasteiger partial charge is 0.286 e. The van der Waals surface area contributed by atoms with Crippen LogP contribution in [0.5, 0.6) is 0 Å². The van der Waals surface area contributed by atoms with Gasteiger partial charge in [0.15, 0.2) is 10.9 Å². The normalized spacial score (nSPS) is 10.8. The highest BCUT2D eigenvalue weighted by molar-refractivity contribution is 7.22. The van der Waals surface area contributed by atoms with Crippen LogP contribution in [0, 0.1) is 13.8 Å².